The lowest BCUT2D eigenvalue weighted by atomic mass is 9.92. The lowest BCUT2D eigenvalue weighted by Crippen LogP contribution is -2.37. The largest absolute Gasteiger partial charge is 0.467 e. The van der Waals surface area contributed by atoms with Crippen LogP contribution in [0.2, 0.25) is 0 Å². The van der Waals surface area contributed by atoms with Crippen molar-refractivity contribution in [1.82, 2.24) is 25.3 Å². The summed E-state index contributed by atoms with van der Waals surface area (Å²) in [5.74, 6) is 0. The van der Waals surface area contributed by atoms with E-state index in [1.54, 1.807) is 25.7 Å². The highest BCUT2D eigenvalue weighted by molar-refractivity contribution is 5.55. The Bertz CT molecular complexity index is 653. The van der Waals surface area contributed by atoms with Crippen LogP contribution in [0.3, 0.4) is 0 Å². The van der Waals surface area contributed by atoms with Gasteiger partial charge < -0.3 is 15.8 Å². The first kappa shape index (κ1) is 18.7. The predicted octanol–water partition coefficient (Wildman–Crippen LogP) is 2.12. The average molecular weight is 356 g/mol. The summed E-state index contributed by atoms with van der Waals surface area (Å²) in [6.45, 7) is 1.06. The van der Waals surface area contributed by atoms with E-state index in [1.807, 2.05) is 6.20 Å². The topological polar surface area (TPSA) is 98.8 Å². The van der Waals surface area contributed by atoms with E-state index in [0.29, 0.717) is 18.1 Å². The zero-order chi connectivity index (χ0) is 18.2. The fourth-order valence-electron chi connectivity index (χ4n) is 3.25. The maximum atomic E-state index is 5.95. The molecule has 0 atom stereocenters. The van der Waals surface area contributed by atoms with Crippen LogP contribution in [-0.2, 0) is 6.42 Å². The molecule has 7 heteroatoms. The normalized spacial score (nSPS) is 20.1. The third-order valence-corrected chi connectivity index (χ3v) is 4.88. The van der Waals surface area contributed by atoms with E-state index < -0.39 is 0 Å². The number of methoxy groups -OCH3 is 1. The van der Waals surface area contributed by atoms with Gasteiger partial charge in [-0.25, -0.2) is 9.97 Å². The number of aromatic nitrogens is 4. The molecule has 1 saturated carbocycles. The Morgan fingerprint density at radius 1 is 1.00 bits per heavy atom. The second-order valence-corrected chi connectivity index (χ2v) is 6.87. The molecule has 7 nitrogen and oxygen atoms in total. The molecular weight excluding hydrogens is 328 g/mol. The molecule has 0 amide bonds. The first-order valence-electron chi connectivity index (χ1n) is 9.41. The summed E-state index contributed by atoms with van der Waals surface area (Å²) in [5, 5.41) is 3.65. The molecular formula is C19H28N6O. The minimum absolute atomic E-state index is 0.350. The molecule has 0 spiro atoms. The smallest absolute Gasteiger partial charge is 0.316 e. The predicted molar refractivity (Wildman–Crippen MR) is 101 cm³/mol. The van der Waals surface area contributed by atoms with E-state index >= 15 is 0 Å². The van der Waals surface area contributed by atoms with Crippen molar-refractivity contribution in [3.63, 3.8) is 0 Å². The Morgan fingerprint density at radius 2 is 1.77 bits per heavy atom. The van der Waals surface area contributed by atoms with Crippen LogP contribution in [0, 0.1) is 0 Å². The summed E-state index contributed by atoms with van der Waals surface area (Å²) in [6, 6.07) is 1.42. The van der Waals surface area contributed by atoms with Crippen LogP contribution in [0.15, 0.2) is 24.8 Å². The number of nitrogens with zero attached hydrogens (tertiary/aromatic N) is 4. The van der Waals surface area contributed by atoms with E-state index in [9.17, 15) is 0 Å². The van der Waals surface area contributed by atoms with Crippen LogP contribution in [0.5, 0.6) is 6.01 Å². The molecule has 2 heterocycles. The lowest BCUT2D eigenvalue weighted by Gasteiger charge is -2.26. The van der Waals surface area contributed by atoms with E-state index in [1.165, 1.54) is 12.8 Å². The van der Waals surface area contributed by atoms with Crippen LogP contribution in [0.25, 0.3) is 11.3 Å². The molecule has 0 aromatic carbocycles. The second kappa shape index (κ2) is 9.54. The van der Waals surface area contributed by atoms with Crippen molar-refractivity contribution in [2.45, 2.75) is 57.0 Å². The summed E-state index contributed by atoms with van der Waals surface area (Å²) in [6.07, 6.45) is 14.9. The van der Waals surface area contributed by atoms with E-state index in [2.05, 4.69) is 25.3 Å². The summed E-state index contributed by atoms with van der Waals surface area (Å²) >= 11 is 0. The molecule has 1 aliphatic rings. The van der Waals surface area contributed by atoms with Gasteiger partial charge in [-0.05, 0) is 51.5 Å². The molecule has 140 valence electrons. The highest BCUT2D eigenvalue weighted by atomic mass is 16.5. The van der Waals surface area contributed by atoms with Crippen LogP contribution in [0.1, 0.15) is 44.2 Å². The molecule has 0 bridgehead atoms. The number of ether oxygens (including phenoxy) is 1. The Balaban J connectivity index is 1.37. The Morgan fingerprint density at radius 3 is 2.42 bits per heavy atom. The molecule has 3 rings (SSSR count). The van der Waals surface area contributed by atoms with E-state index in [4.69, 9.17) is 10.5 Å². The lowest BCUT2D eigenvalue weighted by molar-refractivity contribution is 0.341. The molecule has 0 aliphatic heterocycles. The van der Waals surface area contributed by atoms with Crippen molar-refractivity contribution in [3.8, 4) is 17.3 Å². The van der Waals surface area contributed by atoms with Gasteiger partial charge in [-0.1, -0.05) is 0 Å². The van der Waals surface area contributed by atoms with Gasteiger partial charge in [0.15, 0.2) is 0 Å². The van der Waals surface area contributed by atoms with Crippen LogP contribution in [0.4, 0.5) is 0 Å². The van der Waals surface area contributed by atoms with Crippen molar-refractivity contribution < 1.29 is 4.74 Å². The van der Waals surface area contributed by atoms with Crippen LogP contribution >= 0.6 is 0 Å². The maximum absolute atomic E-state index is 5.95. The van der Waals surface area contributed by atoms with Gasteiger partial charge >= 0.3 is 6.01 Å². The maximum Gasteiger partial charge on any atom is 0.316 e. The molecule has 0 unspecified atom stereocenters. The number of aryl methyl sites for hydroxylation is 1. The zero-order valence-electron chi connectivity index (χ0n) is 15.4. The van der Waals surface area contributed by atoms with Gasteiger partial charge in [-0.15, -0.1) is 0 Å². The van der Waals surface area contributed by atoms with Crippen LogP contribution < -0.4 is 15.8 Å². The van der Waals surface area contributed by atoms with Crippen molar-refractivity contribution in [2.75, 3.05) is 13.7 Å². The van der Waals surface area contributed by atoms with Gasteiger partial charge in [0.25, 0.3) is 0 Å². The molecule has 0 radical (unpaired) electrons. The summed E-state index contributed by atoms with van der Waals surface area (Å²) in [7, 11) is 1.55. The molecule has 2 aromatic heterocycles. The second-order valence-electron chi connectivity index (χ2n) is 6.87. The number of nitrogens with one attached hydrogen (secondary N) is 1. The number of nitrogens with two attached hydrogens (primary N) is 1. The van der Waals surface area contributed by atoms with E-state index in [0.717, 1.165) is 55.6 Å². The Kier molecular flexibility index (Phi) is 6.85. The number of rotatable bonds is 8. The number of hydrogen-bond acceptors (Lipinski definition) is 7. The third-order valence-electron chi connectivity index (χ3n) is 4.88. The minimum Gasteiger partial charge on any atom is -0.467 e. The molecule has 1 aliphatic carbocycles. The SMILES string of the molecule is COc1ncc(-c2cnc(CCCCN[C@H]3CC[C@H](N)CC3)cn2)cn1. The van der Waals surface area contributed by atoms with Crippen molar-refractivity contribution in [1.29, 1.82) is 0 Å². The molecule has 3 N–H and O–H groups in total. The van der Waals surface area contributed by atoms with E-state index in [-0.39, 0.29) is 0 Å². The van der Waals surface area contributed by atoms with Gasteiger partial charge in [0.2, 0.25) is 0 Å². The van der Waals surface area contributed by atoms with Crippen molar-refractivity contribution >= 4 is 0 Å². The quantitative estimate of drug-likeness (QED) is 0.699. The number of hydrogen-bond donors (Lipinski definition) is 2. The highest BCUT2D eigenvalue weighted by Gasteiger charge is 2.17. The third kappa shape index (κ3) is 5.44. The van der Waals surface area contributed by atoms with Crippen molar-refractivity contribution in [2.24, 2.45) is 5.73 Å². The molecule has 2 aromatic rings. The van der Waals surface area contributed by atoms with Gasteiger partial charge in [0, 0.05) is 36.2 Å². The average Bonchev–Trinajstić information content (AvgIpc) is 2.70. The number of unbranched alkanes of at least 4 members (excludes halogenated alkanes) is 1. The Labute approximate surface area is 154 Å². The fourth-order valence-corrected chi connectivity index (χ4v) is 3.25. The summed E-state index contributed by atoms with van der Waals surface area (Å²) < 4.78 is 4.96. The molecule has 26 heavy (non-hydrogen) atoms. The van der Waals surface area contributed by atoms with Gasteiger partial charge in [-0.3, -0.25) is 9.97 Å². The van der Waals surface area contributed by atoms with Gasteiger partial charge in [0.05, 0.1) is 24.7 Å². The standard InChI is InChI=1S/C19H28N6O/c1-26-19-24-10-14(11-25-19)18-13-22-17(12-23-18)4-2-3-9-21-16-7-5-15(20)6-8-16/h10-13,15-16,21H,2-9,20H2,1H3/t15-,16-. The van der Waals surface area contributed by atoms with Crippen LogP contribution in [-0.4, -0.2) is 45.7 Å². The summed E-state index contributed by atoms with van der Waals surface area (Å²) in [4.78, 5) is 17.2. The first-order valence-corrected chi connectivity index (χ1v) is 9.41. The first-order chi connectivity index (χ1) is 12.7. The Hall–Kier alpha value is -2.12. The van der Waals surface area contributed by atoms with Gasteiger partial charge in [0.1, 0.15) is 0 Å². The monoisotopic (exact) mass is 356 g/mol. The van der Waals surface area contributed by atoms with Crippen molar-refractivity contribution in [3.05, 3.63) is 30.5 Å². The molecule has 0 saturated heterocycles. The highest BCUT2D eigenvalue weighted by Crippen LogP contribution is 2.17. The zero-order valence-corrected chi connectivity index (χ0v) is 15.4. The van der Waals surface area contributed by atoms with Gasteiger partial charge in [-0.2, -0.15) is 0 Å². The fraction of sp³-hybridized carbons (Fsp3) is 0.579. The molecule has 1 fully saturated rings. The minimum atomic E-state index is 0.350. The summed E-state index contributed by atoms with van der Waals surface area (Å²) in [5.41, 5.74) is 8.57.